The quantitative estimate of drug-likeness (QED) is 0.628. The van der Waals surface area contributed by atoms with Crippen LogP contribution in [0.2, 0.25) is 0 Å². The van der Waals surface area contributed by atoms with Gasteiger partial charge in [0.2, 0.25) is 0 Å². The molecule has 0 atom stereocenters. The van der Waals surface area contributed by atoms with Crippen LogP contribution in [0.15, 0.2) is 60.3 Å². The molecule has 5 heteroatoms. The number of nitrogens with one attached hydrogen (secondary N) is 1. The third-order valence-corrected chi connectivity index (χ3v) is 4.81. The molecular formula is C22H21BrN2O2. The van der Waals surface area contributed by atoms with Gasteiger partial charge in [0.25, 0.3) is 0 Å². The van der Waals surface area contributed by atoms with Crippen molar-refractivity contribution in [3.05, 3.63) is 71.4 Å². The molecule has 1 N–H and O–H groups in total. The van der Waals surface area contributed by atoms with E-state index in [2.05, 4.69) is 27.3 Å². The van der Waals surface area contributed by atoms with Crippen molar-refractivity contribution in [2.75, 3.05) is 12.4 Å². The molecule has 1 aliphatic heterocycles. The minimum absolute atomic E-state index is 0.419. The summed E-state index contributed by atoms with van der Waals surface area (Å²) in [7, 11) is 1.62. The third-order valence-electron chi connectivity index (χ3n) is 4.16. The van der Waals surface area contributed by atoms with Crippen LogP contribution in [0.1, 0.15) is 25.0 Å². The number of nitrogens with zero attached hydrogens (tertiary/aromatic N) is 1. The minimum Gasteiger partial charge on any atom is -0.493 e. The lowest BCUT2D eigenvalue weighted by molar-refractivity contribution is 0.152. The second-order valence-corrected chi connectivity index (χ2v) is 7.70. The Labute approximate surface area is 168 Å². The van der Waals surface area contributed by atoms with Gasteiger partial charge in [0, 0.05) is 33.9 Å². The van der Waals surface area contributed by atoms with E-state index in [0.717, 1.165) is 21.3 Å². The van der Waals surface area contributed by atoms with E-state index in [-0.39, 0.29) is 0 Å². The van der Waals surface area contributed by atoms with Crippen molar-refractivity contribution in [3.63, 3.8) is 0 Å². The van der Waals surface area contributed by atoms with E-state index in [1.807, 2.05) is 62.4 Å². The molecular weight excluding hydrogens is 404 g/mol. The highest BCUT2D eigenvalue weighted by Gasteiger charge is 2.28. The SMILES string of the molecule is COc1cc(C/C(C#N)=C/Nc2ccccc2)cc2c1OC(C)(C)C=C2Br. The fraction of sp³-hybridized carbons (Fsp3) is 0.227. The lowest BCUT2D eigenvalue weighted by atomic mass is 9.97. The highest BCUT2D eigenvalue weighted by Crippen LogP contribution is 2.45. The summed E-state index contributed by atoms with van der Waals surface area (Å²) in [6.45, 7) is 3.99. The smallest absolute Gasteiger partial charge is 0.170 e. The number of hydrogen-bond acceptors (Lipinski definition) is 4. The Bertz CT molecular complexity index is 941. The Morgan fingerprint density at radius 2 is 2.04 bits per heavy atom. The highest BCUT2D eigenvalue weighted by atomic mass is 79.9. The normalized spacial score (nSPS) is 15.1. The Balaban J connectivity index is 1.89. The summed E-state index contributed by atoms with van der Waals surface area (Å²) in [5, 5.41) is 12.7. The molecule has 0 unspecified atom stereocenters. The number of allylic oxidation sites excluding steroid dienone is 1. The number of halogens is 1. The molecule has 1 aliphatic rings. The zero-order valence-electron chi connectivity index (χ0n) is 15.5. The van der Waals surface area contributed by atoms with Gasteiger partial charge in [-0.25, -0.2) is 0 Å². The van der Waals surface area contributed by atoms with Gasteiger partial charge in [-0.3, -0.25) is 0 Å². The van der Waals surface area contributed by atoms with Gasteiger partial charge in [-0.1, -0.05) is 34.1 Å². The van der Waals surface area contributed by atoms with Gasteiger partial charge in [0.15, 0.2) is 11.5 Å². The first-order chi connectivity index (χ1) is 12.9. The third kappa shape index (κ3) is 4.53. The Kier molecular flexibility index (Phi) is 5.57. The molecule has 1 heterocycles. The number of methoxy groups -OCH3 is 1. The molecule has 0 fully saturated rings. The van der Waals surface area contributed by atoms with Crippen LogP contribution in [0.25, 0.3) is 4.48 Å². The lowest BCUT2D eigenvalue weighted by Gasteiger charge is -2.31. The first-order valence-electron chi connectivity index (χ1n) is 8.61. The van der Waals surface area contributed by atoms with E-state index in [0.29, 0.717) is 23.5 Å². The van der Waals surface area contributed by atoms with E-state index in [1.54, 1.807) is 13.3 Å². The van der Waals surface area contributed by atoms with Crippen LogP contribution in [0.5, 0.6) is 11.5 Å². The second-order valence-electron chi connectivity index (χ2n) is 6.84. The number of nitriles is 1. The molecule has 0 aliphatic carbocycles. The number of anilines is 1. The van der Waals surface area contributed by atoms with Crippen molar-refractivity contribution in [2.45, 2.75) is 25.9 Å². The first-order valence-corrected chi connectivity index (χ1v) is 9.40. The molecule has 2 aromatic rings. The molecule has 0 saturated heterocycles. The number of ether oxygens (including phenoxy) is 2. The molecule has 0 radical (unpaired) electrons. The number of benzene rings is 2. The van der Waals surface area contributed by atoms with E-state index >= 15 is 0 Å². The fourth-order valence-electron chi connectivity index (χ4n) is 2.92. The number of hydrogen-bond donors (Lipinski definition) is 1. The van der Waals surface area contributed by atoms with Crippen LogP contribution < -0.4 is 14.8 Å². The Hall–Kier alpha value is -2.71. The Morgan fingerprint density at radius 1 is 1.30 bits per heavy atom. The van der Waals surface area contributed by atoms with Crippen LogP contribution in [0.3, 0.4) is 0 Å². The van der Waals surface area contributed by atoms with Gasteiger partial charge < -0.3 is 14.8 Å². The summed E-state index contributed by atoms with van der Waals surface area (Å²) in [4.78, 5) is 0. The number of fused-ring (bicyclic) bond motifs is 1. The molecule has 0 bridgehead atoms. The van der Waals surface area contributed by atoms with Crippen LogP contribution in [-0.4, -0.2) is 12.7 Å². The predicted molar refractivity (Wildman–Crippen MR) is 112 cm³/mol. The molecule has 138 valence electrons. The molecule has 27 heavy (non-hydrogen) atoms. The number of rotatable bonds is 5. The summed E-state index contributed by atoms with van der Waals surface area (Å²) >= 11 is 3.64. The van der Waals surface area contributed by atoms with Crippen molar-refractivity contribution in [1.82, 2.24) is 0 Å². The van der Waals surface area contributed by atoms with Crippen molar-refractivity contribution < 1.29 is 9.47 Å². The van der Waals surface area contributed by atoms with Gasteiger partial charge in [0.1, 0.15) is 5.60 Å². The summed E-state index contributed by atoms with van der Waals surface area (Å²) in [6.07, 6.45) is 4.26. The van der Waals surface area contributed by atoms with Crippen LogP contribution in [-0.2, 0) is 6.42 Å². The van der Waals surface area contributed by atoms with Gasteiger partial charge in [-0.05, 0) is 49.8 Å². The van der Waals surface area contributed by atoms with E-state index < -0.39 is 5.60 Å². The topological polar surface area (TPSA) is 54.3 Å². The average Bonchev–Trinajstić information content (AvgIpc) is 2.65. The fourth-order valence-corrected chi connectivity index (χ4v) is 3.76. The average molecular weight is 425 g/mol. The summed E-state index contributed by atoms with van der Waals surface area (Å²) in [5.41, 5.74) is 3.05. The van der Waals surface area contributed by atoms with Crippen molar-refractivity contribution in [1.29, 1.82) is 5.26 Å². The minimum atomic E-state index is -0.419. The predicted octanol–water partition coefficient (Wildman–Crippen LogP) is 5.66. The van der Waals surface area contributed by atoms with Gasteiger partial charge in [-0.2, -0.15) is 5.26 Å². The van der Waals surface area contributed by atoms with Crippen LogP contribution in [0.4, 0.5) is 5.69 Å². The van der Waals surface area contributed by atoms with Crippen molar-refractivity contribution in [3.8, 4) is 17.6 Å². The second kappa shape index (κ2) is 7.89. The molecule has 0 aromatic heterocycles. The summed E-state index contributed by atoms with van der Waals surface area (Å²) in [5.74, 6) is 1.37. The van der Waals surface area contributed by atoms with E-state index in [9.17, 15) is 5.26 Å². The van der Waals surface area contributed by atoms with Gasteiger partial charge in [-0.15, -0.1) is 0 Å². The molecule has 3 rings (SSSR count). The maximum Gasteiger partial charge on any atom is 0.170 e. The van der Waals surface area contributed by atoms with Gasteiger partial charge in [0.05, 0.1) is 13.2 Å². The zero-order chi connectivity index (χ0) is 19.4. The molecule has 0 saturated carbocycles. The largest absolute Gasteiger partial charge is 0.493 e. The Morgan fingerprint density at radius 3 is 2.70 bits per heavy atom. The zero-order valence-corrected chi connectivity index (χ0v) is 17.1. The summed E-state index contributed by atoms with van der Waals surface area (Å²) < 4.78 is 12.6. The van der Waals surface area contributed by atoms with Gasteiger partial charge >= 0.3 is 0 Å². The van der Waals surface area contributed by atoms with Crippen molar-refractivity contribution >= 4 is 26.1 Å². The number of para-hydroxylation sites is 1. The molecule has 4 nitrogen and oxygen atoms in total. The summed E-state index contributed by atoms with van der Waals surface area (Å²) in [6, 6.07) is 16.0. The van der Waals surface area contributed by atoms with Crippen molar-refractivity contribution in [2.24, 2.45) is 0 Å². The van der Waals surface area contributed by atoms with E-state index in [1.165, 1.54) is 0 Å². The highest BCUT2D eigenvalue weighted by molar-refractivity contribution is 9.15. The van der Waals surface area contributed by atoms with Crippen LogP contribution >= 0.6 is 15.9 Å². The lowest BCUT2D eigenvalue weighted by Crippen LogP contribution is -2.28. The van der Waals surface area contributed by atoms with E-state index in [4.69, 9.17) is 9.47 Å². The first kappa shape index (κ1) is 19.1. The monoisotopic (exact) mass is 424 g/mol. The molecule has 2 aromatic carbocycles. The maximum atomic E-state index is 9.52. The standard InChI is InChI=1S/C22H21BrN2O2/c1-22(2)12-19(23)18-10-15(11-20(26-3)21(18)27-22)9-16(13-24)14-25-17-7-5-4-6-8-17/h4-8,10-12,14,25H,9H2,1-3H3/b16-14-. The maximum absolute atomic E-state index is 9.52. The molecule has 0 amide bonds. The molecule has 0 spiro atoms. The van der Waals surface area contributed by atoms with Crippen LogP contribution in [0, 0.1) is 11.3 Å².